The van der Waals surface area contributed by atoms with Gasteiger partial charge in [0.15, 0.2) is 0 Å². The number of furan rings is 1. The van der Waals surface area contributed by atoms with E-state index in [0.717, 1.165) is 0 Å². The van der Waals surface area contributed by atoms with E-state index in [1.165, 1.54) is 12.3 Å². The van der Waals surface area contributed by atoms with Crippen molar-refractivity contribution in [2.45, 2.75) is 16.7 Å². The minimum Gasteiger partial charge on any atom is -0.468 e. The highest BCUT2D eigenvalue weighted by Gasteiger charge is 2.20. The zero-order chi connectivity index (χ0) is 10.9. The van der Waals surface area contributed by atoms with Crippen LogP contribution in [-0.4, -0.2) is 8.42 Å². The average Bonchev–Trinajstić information content (AvgIpc) is 2.66. The highest BCUT2D eigenvalue weighted by molar-refractivity contribution is 7.91. The van der Waals surface area contributed by atoms with Crippen molar-refractivity contribution in [1.82, 2.24) is 0 Å². The Morgan fingerprint density at radius 2 is 1.73 bits per heavy atom. The monoisotopic (exact) mass is 222 g/mol. The van der Waals surface area contributed by atoms with Crippen LogP contribution in [0.1, 0.15) is 5.76 Å². The maximum atomic E-state index is 12.1. The molecule has 0 bridgehead atoms. The van der Waals surface area contributed by atoms with E-state index in [-0.39, 0.29) is 9.79 Å². The van der Waals surface area contributed by atoms with Gasteiger partial charge in [0.1, 0.15) is 10.7 Å². The van der Waals surface area contributed by atoms with Gasteiger partial charge in [0, 0.05) is 0 Å². The van der Waals surface area contributed by atoms with Gasteiger partial charge in [-0.1, -0.05) is 18.2 Å². The lowest BCUT2D eigenvalue weighted by molar-refractivity contribution is 0.522. The molecule has 0 aliphatic carbocycles. The molecule has 0 saturated carbocycles. The Morgan fingerprint density at radius 3 is 2.27 bits per heavy atom. The Labute approximate surface area is 88.3 Å². The maximum absolute atomic E-state index is 12.1. The molecule has 78 valence electrons. The molecular formula is C11H10O3S. The number of aryl methyl sites for hydroxylation is 1. The van der Waals surface area contributed by atoms with Crippen molar-refractivity contribution in [1.29, 1.82) is 0 Å². The number of sulfone groups is 1. The molecule has 15 heavy (non-hydrogen) atoms. The second-order valence-electron chi connectivity index (χ2n) is 3.16. The van der Waals surface area contributed by atoms with Crippen LogP contribution in [0, 0.1) is 6.92 Å². The SMILES string of the molecule is Cc1occc1S(=O)(=O)c1ccccc1. The van der Waals surface area contributed by atoms with E-state index in [0.29, 0.717) is 5.76 Å². The molecule has 0 aliphatic rings. The molecule has 0 saturated heterocycles. The Hall–Kier alpha value is -1.55. The van der Waals surface area contributed by atoms with Crippen LogP contribution in [0.2, 0.25) is 0 Å². The number of rotatable bonds is 2. The van der Waals surface area contributed by atoms with Gasteiger partial charge >= 0.3 is 0 Å². The van der Waals surface area contributed by atoms with Crippen molar-refractivity contribution in [2.75, 3.05) is 0 Å². The second kappa shape index (κ2) is 3.55. The molecule has 0 radical (unpaired) electrons. The molecule has 3 nitrogen and oxygen atoms in total. The molecule has 1 aromatic heterocycles. The van der Waals surface area contributed by atoms with Crippen molar-refractivity contribution in [3.8, 4) is 0 Å². The number of hydrogen-bond acceptors (Lipinski definition) is 3. The maximum Gasteiger partial charge on any atom is 0.210 e. The van der Waals surface area contributed by atoms with Gasteiger partial charge in [0.25, 0.3) is 0 Å². The first-order valence-electron chi connectivity index (χ1n) is 4.46. The van der Waals surface area contributed by atoms with Crippen LogP contribution < -0.4 is 0 Å². The minimum atomic E-state index is -3.42. The molecule has 0 aliphatic heterocycles. The fraction of sp³-hybridized carbons (Fsp3) is 0.0909. The Morgan fingerprint density at radius 1 is 1.07 bits per heavy atom. The van der Waals surface area contributed by atoms with Crippen molar-refractivity contribution in [3.63, 3.8) is 0 Å². The molecule has 0 atom stereocenters. The zero-order valence-electron chi connectivity index (χ0n) is 8.17. The molecule has 0 N–H and O–H groups in total. The predicted octanol–water partition coefficient (Wildman–Crippen LogP) is 2.42. The van der Waals surface area contributed by atoms with E-state index in [2.05, 4.69) is 0 Å². The van der Waals surface area contributed by atoms with E-state index < -0.39 is 9.84 Å². The smallest absolute Gasteiger partial charge is 0.210 e. The van der Waals surface area contributed by atoms with Crippen LogP contribution in [0.5, 0.6) is 0 Å². The Balaban J connectivity index is 2.60. The topological polar surface area (TPSA) is 47.3 Å². The Bertz CT molecular complexity index is 553. The van der Waals surface area contributed by atoms with Gasteiger partial charge in [-0.15, -0.1) is 0 Å². The van der Waals surface area contributed by atoms with E-state index in [9.17, 15) is 8.42 Å². The third kappa shape index (κ3) is 1.68. The molecule has 0 unspecified atom stereocenters. The summed E-state index contributed by atoms with van der Waals surface area (Å²) < 4.78 is 29.1. The molecule has 0 fully saturated rings. The first-order valence-corrected chi connectivity index (χ1v) is 5.95. The van der Waals surface area contributed by atoms with Gasteiger partial charge in [0.2, 0.25) is 9.84 Å². The van der Waals surface area contributed by atoms with Gasteiger partial charge in [-0.05, 0) is 25.1 Å². The molecular weight excluding hydrogens is 212 g/mol. The third-order valence-corrected chi connectivity index (χ3v) is 4.05. The summed E-state index contributed by atoms with van der Waals surface area (Å²) in [6, 6.07) is 9.78. The molecule has 1 heterocycles. The molecule has 1 aromatic carbocycles. The average molecular weight is 222 g/mol. The van der Waals surface area contributed by atoms with Crippen molar-refractivity contribution in [2.24, 2.45) is 0 Å². The quantitative estimate of drug-likeness (QED) is 0.784. The van der Waals surface area contributed by atoms with E-state index in [1.807, 2.05) is 0 Å². The summed E-state index contributed by atoms with van der Waals surface area (Å²) in [6.45, 7) is 1.63. The van der Waals surface area contributed by atoms with Gasteiger partial charge in [-0.3, -0.25) is 0 Å². The lowest BCUT2D eigenvalue weighted by Crippen LogP contribution is -2.01. The van der Waals surface area contributed by atoms with Crippen molar-refractivity contribution >= 4 is 9.84 Å². The van der Waals surface area contributed by atoms with E-state index in [4.69, 9.17) is 4.42 Å². The van der Waals surface area contributed by atoms with Gasteiger partial charge in [0.05, 0.1) is 11.2 Å². The van der Waals surface area contributed by atoms with Gasteiger partial charge < -0.3 is 4.42 Å². The number of benzene rings is 1. The zero-order valence-corrected chi connectivity index (χ0v) is 8.99. The number of hydrogen-bond donors (Lipinski definition) is 0. The summed E-state index contributed by atoms with van der Waals surface area (Å²) in [5.41, 5.74) is 0. The van der Waals surface area contributed by atoms with Crippen LogP contribution in [0.3, 0.4) is 0 Å². The molecule has 4 heteroatoms. The molecule has 2 rings (SSSR count). The normalized spacial score (nSPS) is 11.5. The summed E-state index contributed by atoms with van der Waals surface area (Å²) in [4.78, 5) is 0.517. The summed E-state index contributed by atoms with van der Waals surface area (Å²) in [5.74, 6) is 0.416. The lowest BCUT2D eigenvalue weighted by Gasteiger charge is -2.01. The summed E-state index contributed by atoms with van der Waals surface area (Å²) in [6.07, 6.45) is 1.38. The first-order chi connectivity index (χ1) is 7.12. The highest BCUT2D eigenvalue weighted by atomic mass is 32.2. The van der Waals surface area contributed by atoms with Gasteiger partial charge in [-0.25, -0.2) is 8.42 Å². The fourth-order valence-electron chi connectivity index (χ4n) is 1.38. The van der Waals surface area contributed by atoms with Crippen LogP contribution in [0.4, 0.5) is 0 Å². The minimum absolute atomic E-state index is 0.230. The third-order valence-electron chi connectivity index (χ3n) is 2.15. The van der Waals surface area contributed by atoms with E-state index in [1.54, 1.807) is 37.3 Å². The molecule has 0 amide bonds. The summed E-state index contributed by atoms with van der Waals surface area (Å²) >= 11 is 0. The fourth-order valence-corrected chi connectivity index (χ4v) is 2.81. The van der Waals surface area contributed by atoms with E-state index >= 15 is 0 Å². The van der Waals surface area contributed by atoms with Crippen LogP contribution in [0.15, 0.2) is 56.9 Å². The second-order valence-corrected chi connectivity index (χ2v) is 5.08. The highest BCUT2D eigenvalue weighted by Crippen LogP contribution is 2.23. The van der Waals surface area contributed by atoms with Crippen LogP contribution >= 0.6 is 0 Å². The van der Waals surface area contributed by atoms with Gasteiger partial charge in [-0.2, -0.15) is 0 Å². The largest absolute Gasteiger partial charge is 0.468 e. The summed E-state index contributed by atoms with van der Waals surface area (Å²) in [5, 5.41) is 0. The summed E-state index contributed by atoms with van der Waals surface area (Å²) in [7, 11) is -3.42. The Kier molecular flexibility index (Phi) is 2.36. The standard InChI is InChI=1S/C11H10O3S/c1-9-11(7-8-14-9)15(12,13)10-5-3-2-4-6-10/h2-8H,1H3. The van der Waals surface area contributed by atoms with Crippen LogP contribution in [-0.2, 0) is 9.84 Å². The van der Waals surface area contributed by atoms with Crippen molar-refractivity contribution < 1.29 is 12.8 Å². The predicted molar refractivity (Wildman–Crippen MR) is 55.3 cm³/mol. The lowest BCUT2D eigenvalue weighted by atomic mass is 10.4. The first kappa shape index (κ1) is 9.98. The van der Waals surface area contributed by atoms with Crippen LogP contribution in [0.25, 0.3) is 0 Å². The molecule has 0 spiro atoms. The van der Waals surface area contributed by atoms with Crippen molar-refractivity contribution in [3.05, 3.63) is 48.4 Å². The molecule has 2 aromatic rings.